The summed E-state index contributed by atoms with van der Waals surface area (Å²) >= 11 is 0. The van der Waals surface area contributed by atoms with Crippen molar-refractivity contribution >= 4 is 11.7 Å². The van der Waals surface area contributed by atoms with Crippen LogP contribution >= 0.6 is 0 Å². The van der Waals surface area contributed by atoms with E-state index < -0.39 is 5.60 Å². The van der Waals surface area contributed by atoms with Gasteiger partial charge in [0.2, 0.25) is 5.91 Å². The van der Waals surface area contributed by atoms with Crippen LogP contribution in [0.4, 0.5) is 5.82 Å². The zero-order valence-electron chi connectivity index (χ0n) is 13.1. The van der Waals surface area contributed by atoms with Crippen LogP contribution in [0, 0.1) is 6.92 Å². The number of rotatable bonds is 5. The molecule has 0 spiro atoms. The fourth-order valence-electron chi connectivity index (χ4n) is 2.76. The number of hydrogen-bond acceptors (Lipinski definition) is 5. The number of β-amino-alcohol motifs (C(OH)–C–C–N with tert-alkyl or cyclic N) is 1. The normalized spacial score (nSPS) is 20.7. The Morgan fingerprint density at radius 1 is 1.48 bits per heavy atom. The quantitative estimate of drug-likeness (QED) is 0.831. The highest BCUT2D eigenvalue weighted by atomic mass is 16.3. The number of nitrogens with zero attached hydrogens (tertiary/aromatic N) is 4. The van der Waals surface area contributed by atoms with Gasteiger partial charge in [0, 0.05) is 32.0 Å². The third kappa shape index (κ3) is 3.87. The zero-order chi connectivity index (χ0) is 16.3. The van der Waals surface area contributed by atoms with Gasteiger partial charge in [-0.15, -0.1) is 0 Å². The molecule has 3 heterocycles. The smallest absolute Gasteiger partial charge is 0.241 e. The summed E-state index contributed by atoms with van der Waals surface area (Å²) in [6, 6.07) is 5.71. The summed E-state index contributed by atoms with van der Waals surface area (Å²) in [4.78, 5) is 18.3. The Balaban J connectivity index is 1.51. The van der Waals surface area contributed by atoms with Gasteiger partial charge in [-0.1, -0.05) is 6.07 Å². The number of nitrogens with one attached hydrogen (secondary N) is 1. The van der Waals surface area contributed by atoms with Gasteiger partial charge in [0.05, 0.1) is 6.20 Å². The lowest BCUT2D eigenvalue weighted by molar-refractivity contribution is -0.122. The van der Waals surface area contributed by atoms with Crippen LogP contribution in [0.15, 0.2) is 36.8 Å². The van der Waals surface area contributed by atoms with Crippen LogP contribution in [-0.4, -0.2) is 51.0 Å². The topological polar surface area (TPSA) is 83.3 Å². The maximum Gasteiger partial charge on any atom is 0.241 e. The summed E-state index contributed by atoms with van der Waals surface area (Å²) in [5, 5.41) is 17.5. The van der Waals surface area contributed by atoms with Gasteiger partial charge in [-0.05, 0) is 31.0 Å². The molecule has 23 heavy (non-hydrogen) atoms. The lowest BCUT2D eigenvalue weighted by Crippen LogP contribution is -2.45. The third-order valence-electron chi connectivity index (χ3n) is 3.99. The van der Waals surface area contributed by atoms with E-state index in [9.17, 15) is 9.90 Å². The van der Waals surface area contributed by atoms with Crippen molar-refractivity contribution in [2.24, 2.45) is 0 Å². The zero-order valence-corrected chi connectivity index (χ0v) is 13.1. The summed E-state index contributed by atoms with van der Waals surface area (Å²) in [6.45, 7) is 3.51. The molecular formula is C16H21N5O2. The molecular weight excluding hydrogens is 294 g/mol. The van der Waals surface area contributed by atoms with Crippen LogP contribution in [-0.2, 0) is 11.3 Å². The summed E-state index contributed by atoms with van der Waals surface area (Å²) < 4.78 is 1.59. The Morgan fingerprint density at radius 2 is 2.35 bits per heavy atom. The largest absolute Gasteiger partial charge is 0.386 e. The number of anilines is 1. The van der Waals surface area contributed by atoms with Gasteiger partial charge in [-0.25, -0.2) is 4.98 Å². The Kier molecular flexibility index (Phi) is 4.29. The number of amides is 1. The van der Waals surface area contributed by atoms with Gasteiger partial charge in [-0.3, -0.25) is 9.48 Å². The van der Waals surface area contributed by atoms with E-state index in [1.807, 2.05) is 36.2 Å². The second kappa shape index (κ2) is 6.37. The first-order valence-electron chi connectivity index (χ1n) is 7.68. The van der Waals surface area contributed by atoms with Crippen molar-refractivity contribution < 1.29 is 9.90 Å². The molecule has 2 aromatic rings. The highest BCUT2D eigenvalue weighted by molar-refractivity contribution is 5.75. The van der Waals surface area contributed by atoms with Gasteiger partial charge in [-0.2, -0.15) is 5.10 Å². The van der Waals surface area contributed by atoms with Crippen molar-refractivity contribution in [3.8, 4) is 0 Å². The van der Waals surface area contributed by atoms with E-state index in [0.29, 0.717) is 13.0 Å². The van der Waals surface area contributed by atoms with Crippen LogP contribution < -0.4 is 10.2 Å². The Labute approximate surface area is 134 Å². The second-order valence-electron chi connectivity index (χ2n) is 6.08. The van der Waals surface area contributed by atoms with E-state index in [1.54, 1.807) is 17.1 Å². The molecule has 1 aliphatic heterocycles. The highest BCUT2D eigenvalue weighted by Gasteiger charge is 2.36. The highest BCUT2D eigenvalue weighted by Crippen LogP contribution is 2.24. The molecule has 1 atom stereocenters. The predicted molar refractivity (Wildman–Crippen MR) is 86.0 cm³/mol. The summed E-state index contributed by atoms with van der Waals surface area (Å²) in [7, 11) is 0. The molecule has 0 bridgehead atoms. The van der Waals surface area contributed by atoms with E-state index in [-0.39, 0.29) is 19.0 Å². The lowest BCUT2D eigenvalue weighted by atomic mass is 10.0. The minimum atomic E-state index is -0.923. The van der Waals surface area contributed by atoms with E-state index in [4.69, 9.17) is 0 Å². The molecule has 0 saturated carbocycles. The minimum Gasteiger partial charge on any atom is -0.386 e. The van der Waals surface area contributed by atoms with E-state index in [2.05, 4.69) is 15.4 Å². The van der Waals surface area contributed by atoms with E-state index in [0.717, 1.165) is 17.9 Å². The maximum absolute atomic E-state index is 12.0. The monoisotopic (exact) mass is 315 g/mol. The van der Waals surface area contributed by atoms with E-state index >= 15 is 0 Å². The number of aromatic nitrogens is 3. The summed E-state index contributed by atoms with van der Waals surface area (Å²) in [5.41, 5.74) is 0.0888. The molecule has 0 radical (unpaired) electrons. The Hall–Kier alpha value is -2.41. The summed E-state index contributed by atoms with van der Waals surface area (Å²) in [5.74, 6) is 0.694. The molecule has 0 aliphatic carbocycles. The first-order chi connectivity index (χ1) is 11.0. The lowest BCUT2D eigenvalue weighted by Gasteiger charge is -2.24. The van der Waals surface area contributed by atoms with Gasteiger partial charge < -0.3 is 15.3 Å². The fraction of sp³-hybridized carbons (Fsp3) is 0.438. The number of aryl methyl sites for hydroxylation is 1. The summed E-state index contributed by atoms with van der Waals surface area (Å²) in [6.07, 6.45) is 5.86. The standard InChI is InChI=1S/C16H21N5O2/c1-13-8-19-21(9-13)10-15(22)18-11-16(23)5-7-20(12-16)14-4-2-3-6-17-14/h2-4,6,8-9,23H,5,7,10-12H2,1H3,(H,18,22)/t16-/m1/s1. The molecule has 122 valence electrons. The second-order valence-corrected chi connectivity index (χ2v) is 6.08. The number of hydrogen-bond donors (Lipinski definition) is 2. The predicted octanol–water partition coefficient (Wildman–Crippen LogP) is 0.344. The average molecular weight is 315 g/mol. The first kappa shape index (κ1) is 15.5. The SMILES string of the molecule is Cc1cnn(CC(=O)NC[C@]2(O)CCN(c3ccccn3)C2)c1. The Bertz CT molecular complexity index is 672. The maximum atomic E-state index is 12.0. The molecule has 2 aromatic heterocycles. The van der Waals surface area contributed by atoms with Crippen LogP contribution in [0.1, 0.15) is 12.0 Å². The number of carbonyl (C=O) groups excluding carboxylic acids is 1. The van der Waals surface area contributed by atoms with Gasteiger partial charge in [0.25, 0.3) is 0 Å². The number of pyridine rings is 1. The first-order valence-corrected chi connectivity index (χ1v) is 7.68. The van der Waals surface area contributed by atoms with Crippen molar-refractivity contribution in [1.82, 2.24) is 20.1 Å². The van der Waals surface area contributed by atoms with E-state index in [1.165, 1.54) is 0 Å². The van der Waals surface area contributed by atoms with Crippen LogP contribution in [0.3, 0.4) is 0 Å². The van der Waals surface area contributed by atoms with Crippen molar-refractivity contribution in [2.75, 3.05) is 24.5 Å². The van der Waals surface area contributed by atoms with Gasteiger partial charge >= 0.3 is 0 Å². The Morgan fingerprint density at radius 3 is 3.04 bits per heavy atom. The molecule has 0 unspecified atom stereocenters. The molecule has 1 aliphatic rings. The van der Waals surface area contributed by atoms with Crippen molar-refractivity contribution in [2.45, 2.75) is 25.5 Å². The molecule has 3 rings (SSSR count). The number of aliphatic hydroxyl groups is 1. The van der Waals surface area contributed by atoms with Crippen molar-refractivity contribution in [1.29, 1.82) is 0 Å². The third-order valence-corrected chi connectivity index (χ3v) is 3.99. The van der Waals surface area contributed by atoms with Crippen LogP contribution in [0.2, 0.25) is 0 Å². The molecule has 7 nitrogen and oxygen atoms in total. The van der Waals surface area contributed by atoms with Crippen LogP contribution in [0.25, 0.3) is 0 Å². The molecule has 1 amide bonds. The molecule has 1 fully saturated rings. The molecule has 1 saturated heterocycles. The molecule has 7 heteroatoms. The van der Waals surface area contributed by atoms with Crippen molar-refractivity contribution in [3.63, 3.8) is 0 Å². The van der Waals surface area contributed by atoms with Gasteiger partial charge in [0.15, 0.2) is 0 Å². The molecule has 0 aromatic carbocycles. The minimum absolute atomic E-state index is 0.155. The number of carbonyl (C=O) groups is 1. The molecule has 2 N–H and O–H groups in total. The fourth-order valence-corrected chi connectivity index (χ4v) is 2.76. The van der Waals surface area contributed by atoms with Crippen LogP contribution in [0.5, 0.6) is 0 Å². The average Bonchev–Trinajstić information content (AvgIpc) is 3.13. The van der Waals surface area contributed by atoms with Crippen molar-refractivity contribution in [3.05, 3.63) is 42.4 Å². The van der Waals surface area contributed by atoms with Gasteiger partial charge in [0.1, 0.15) is 18.0 Å².